The van der Waals surface area contributed by atoms with E-state index >= 15 is 0 Å². The Balaban J connectivity index is 3.17. The molecule has 0 fully saturated rings. The predicted octanol–water partition coefficient (Wildman–Crippen LogP) is 0.470. The molecule has 0 aromatic heterocycles. The molecule has 7 heavy (non-hydrogen) atoms. The second-order valence-electron chi connectivity index (χ2n) is 1.09. The number of hydrogen-bond acceptors (Lipinski definition) is 1. The van der Waals surface area contributed by atoms with Crippen LogP contribution in [0.5, 0.6) is 0 Å². The van der Waals surface area contributed by atoms with Crippen LogP contribution in [0, 0.1) is 7.05 Å². The number of rotatable bonds is 2. The summed E-state index contributed by atoms with van der Waals surface area (Å²) >= 11 is 0. The monoisotopic (exact) mass is 98.1 g/mol. The second kappa shape index (κ2) is 3.40. The zero-order valence-electron chi connectivity index (χ0n) is 4.11. The van der Waals surface area contributed by atoms with E-state index in [1.807, 2.05) is 0 Å². The molecule has 2 nitrogen and oxygen atoms in total. The van der Waals surface area contributed by atoms with Gasteiger partial charge in [-0.3, -0.25) is 4.79 Å². The van der Waals surface area contributed by atoms with E-state index in [0.717, 1.165) is 0 Å². The highest BCUT2D eigenvalue weighted by Crippen LogP contribution is 1.75. The summed E-state index contributed by atoms with van der Waals surface area (Å²) in [6, 6.07) is 0. The van der Waals surface area contributed by atoms with Gasteiger partial charge in [-0.05, 0) is 0 Å². The van der Waals surface area contributed by atoms with Gasteiger partial charge >= 0.3 is 0 Å². The topological polar surface area (TPSA) is 29.1 Å². The molecule has 39 valence electrons. The molecule has 0 atom stereocenters. The molecule has 0 saturated carbocycles. The van der Waals surface area contributed by atoms with Crippen molar-refractivity contribution in [3.8, 4) is 0 Å². The van der Waals surface area contributed by atoms with Crippen molar-refractivity contribution in [1.82, 2.24) is 5.32 Å². The number of hydrogen-bond donors (Lipinski definition) is 1. The van der Waals surface area contributed by atoms with Crippen LogP contribution in [0.25, 0.3) is 0 Å². The standard InChI is InChI=1S/C5H8NO/c1-3-4-5(7)6-2/h3H,1-2,4H2,(H,6,7). The molecule has 0 aromatic rings. The molecule has 0 unspecified atom stereocenters. The normalized spacial score (nSPS) is 7.57. The summed E-state index contributed by atoms with van der Waals surface area (Å²) in [7, 11) is 3.16. The van der Waals surface area contributed by atoms with Crippen molar-refractivity contribution < 1.29 is 4.79 Å². The molecule has 0 aromatic carbocycles. The summed E-state index contributed by atoms with van der Waals surface area (Å²) in [6.45, 7) is 3.36. The molecule has 1 N–H and O–H groups in total. The smallest absolute Gasteiger partial charge is 0.223 e. The molecule has 0 aliphatic heterocycles. The highest BCUT2D eigenvalue weighted by molar-refractivity contribution is 5.77. The third-order valence-electron chi connectivity index (χ3n) is 0.527. The molecule has 0 spiro atoms. The van der Waals surface area contributed by atoms with Crippen LogP contribution >= 0.6 is 0 Å². The first kappa shape index (κ1) is 6.21. The van der Waals surface area contributed by atoms with Crippen LogP contribution in [0.15, 0.2) is 12.7 Å². The van der Waals surface area contributed by atoms with E-state index < -0.39 is 0 Å². The van der Waals surface area contributed by atoms with Crippen molar-refractivity contribution in [2.24, 2.45) is 0 Å². The first-order valence-corrected chi connectivity index (χ1v) is 1.98. The summed E-state index contributed by atoms with van der Waals surface area (Å²) in [5, 5.41) is 2.21. The maximum Gasteiger partial charge on any atom is 0.223 e. The fourth-order valence-electron chi connectivity index (χ4n) is 0.203. The average molecular weight is 98.1 g/mol. The number of carbonyl (C=O) groups excluding carboxylic acids is 1. The summed E-state index contributed by atoms with van der Waals surface area (Å²) in [6.07, 6.45) is 1.88. The average Bonchev–Trinajstić information content (AvgIpc) is 1.68. The van der Waals surface area contributed by atoms with Crippen molar-refractivity contribution >= 4 is 5.91 Å². The van der Waals surface area contributed by atoms with E-state index in [4.69, 9.17) is 0 Å². The molecule has 0 aliphatic rings. The van der Waals surface area contributed by atoms with Gasteiger partial charge in [-0.25, -0.2) is 0 Å². The van der Waals surface area contributed by atoms with E-state index in [1.54, 1.807) is 0 Å². The lowest BCUT2D eigenvalue weighted by Crippen LogP contribution is -2.13. The molecular formula is C5H8NO. The quantitative estimate of drug-likeness (QED) is 0.500. The summed E-state index contributed by atoms with van der Waals surface area (Å²) < 4.78 is 0. The van der Waals surface area contributed by atoms with Crippen molar-refractivity contribution in [3.63, 3.8) is 0 Å². The summed E-state index contributed by atoms with van der Waals surface area (Å²) in [4.78, 5) is 10.2. The fraction of sp³-hybridized carbons (Fsp3) is 0.200. The van der Waals surface area contributed by atoms with Crippen molar-refractivity contribution in [3.05, 3.63) is 19.7 Å². The van der Waals surface area contributed by atoms with Crippen LogP contribution in [0.3, 0.4) is 0 Å². The van der Waals surface area contributed by atoms with Crippen LogP contribution in [0.2, 0.25) is 0 Å². The Hall–Kier alpha value is -0.790. The van der Waals surface area contributed by atoms with Gasteiger partial charge in [0.1, 0.15) is 0 Å². The van der Waals surface area contributed by atoms with Gasteiger partial charge in [0.05, 0.1) is 0 Å². The van der Waals surface area contributed by atoms with Gasteiger partial charge in [0.15, 0.2) is 0 Å². The van der Waals surface area contributed by atoms with E-state index in [1.165, 1.54) is 6.08 Å². The van der Waals surface area contributed by atoms with Gasteiger partial charge in [0.25, 0.3) is 0 Å². The molecule has 0 bridgehead atoms. The molecule has 0 rings (SSSR count). The zero-order valence-corrected chi connectivity index (χ0v) is 4.11. The van der Waals surface area contributed by atoms with E-state index in [-0.39, 0.29) is 5.91 Å². The largest absolute Gasteiger partial charge is 0.354 e. The number of carbonyl (C=O) groups is 1. The Bertz CT molecular complexity index is 78.1. The molecule has 0 aliphatic carbocycles. The molecule has 1 amide bonds. The van der Waals surface area contributed by atoms with Gasteiger partial charge in [-0.2, -0.15) is 0 Å². The Morgan fingerprint density at radius 3 is 2.57 bits per heavy atom. The third kappa shape index (κ3) is 3.03. The first-order chi connectivity index (χ1) is 3.31. The van der Waals surface area contributed by atoms with E-state index in [9.17, 15) is 4.79 Å². The van der Waals surface area contributed by atoms with Crippen LogP contribution in [-0.2, 0) is 4.79 Å². The van der Waals surface area contributed by atoms with Crippen molar-refractivity contribution in [2.45, 2.75) is 6.42 Å². The maximum atomic E-state index is 10.2. The van der Waals surface area contributed by atoms with Crippen LogP contribution in [0.4, 0.5) is 0 Å². The SMILES string of the molecule is [CH2]NC(=O)CC=C. The Morgan fingerprint density at radius 1 is 1.86 bits per heavy atom. The fourth-order valence-corrected chi connectivity index (χ4v) is 0.203. The molecule has 2 heteroatoms. The van der Waals surface area contributed by atoms with Gasteiger partial charge in [0.2, 0.25) is 5.91 Å². The molecule has 1 radical (unpaired) electrons. The van der Waals surface area contributed by atoms with Crippen LogP contribution < -0.4 is 5.32 Å². The Labute approximate surface area is 43.2 Å². The lowest BCUT2D eigenvalue weighted by atomic mass is 10.4. The molecule has 0 heterocycles. The summed E-state index contributed by atoms with van der Waals surface area (Å²) in [5.41, 5.74) is 0. The van der Waals surface area contributed by atoms with Crippen LogP contribution in [-0.4, -0.2) is 5.91 Å². The number of amides is 1. The van der Waals surface area contributed by atoms with E-state index in [0.29, 0.717) is 6.42 Å². The van der Waals surface area contributed by atoms with E-state index in [2.05, 4.69) is 18.9 Å². The lowest BCUT2D eigenvalue weighted by Gasteiger charge is -1.88. The minimum atomic E-state index is -0.102. The summed E-state index contributed by atoms with van der Waals surface area (Å²) in [5.74, 6) is -0.102. The van der Waals surface area contributed by atoms with Gasteiger partial charge in [0, 0.05) is 13.5 Å². The minimum absolute atomic E-state index is 0.102. The predicted molar refractivity (Wildman–Crippen MR) is 28.3 cm³/mol. The third-order valence-corrected chi connectivity index (χ3v) is 0.527. The van der Waals surface area contributed by atoms with Crippen molar-refractivity contribution in [1.29, 1.82) is 0 Å². The zero-order chi connectivity index (χ0) is 5.70. The van der Waals surface area contributed by atoms with Gasteiger partial charge in [-0.1, -0.05) is 6.08 Å². The van der Waals surface area contributed by atoms with Gasteiger partial charge in [-0.15, -0.1) is 6.58 Å². The Morgan fingerprint density at radius 2 is 2.43 bits per heavy atom. The maximum absolute atomic E-state index is 10.2. The first-order valence-electron chi connectivity index (χ1n) is 1.98. The number of nitrogens with one attached hydrogen (secondary N) is 1. The Kier molecular flexibility index (Phi) is 3.02. The second-order valence-corrected chi connectivity index (χ2v) is 1.09. The van der Waals surface area contributed by atoms with Crippen molar-refractivity contribution in [2.75, 3.05) is 0 Å². The lowest BCUT2D eigenvalue weighted by molar-refractivity contribution is -0.119. The highest BCUT2D eigenvalue weighted by Gasteiger charge is 1.87. The minimum Gasteiger partial charge on any atom is -0.354 e. The molecular weight excluding hydrogens is 90.1 g/mol. The molecule has 0 saturated heterocycles. The highest BCUT2D eigenvalue weighted by atomic mass is 16.1. The van der Waals surface area contributed by atoms with Crippen LogP contribution in [0.1, 0.15) is 6.42 Å². The van der Waals surface area contributed by atoms with Gasteiger partial charge < -0.3 is 5.32 Å².